The Morgan fingerprint density at radius 3 is 0.532 bits per heavy atom. The van der Waals surface area contributed by atoms with Gasteiger partial charge in [-0.25, -0.2) is 0 Å². The van der Waals surface area contributed by atoms with Gasteiger partial charge in [0.25, 0.3) is 0 Å². The van der Waals surface area contributed by atoms with Crippen molar-refractivity contribution >= 4 is 117 Å². The zero-order valence-electron chi connectivity index (χ0n) is 46.7. The molecule has 4 N–H and O–H groups in total. The van der Waals surface area contributed by atoms with Gasteiger partial charge in [-0.1, -0.05) is 267 Å². The first-order valence-corrected chi connectivity index (χ1v) is 32.4. The quantitative estimate of drug-likeness (QED) is 0.0149. The molecule has 0 aliphatic rings. The maximum absolute atomic E-state index is 4.79. The Balaban J connectivity index is 0.000000996. The molecular weight excluding hydrogens is 1180 g/mol. The van der Waals surface area contributed by atoms with Gasteiger partial charge in [0.1, 0.15) is 0 Å². The molecule has 0 aromatic heterocycles. The van der Waals surface area contributed by atoms with Gasteiger partial charge in [-0.2, -0.15) is 0 Å². The third-order valence-electron chi connectivity index (χ3n) is 13.0. The summed E-state index contributed by atoms with van der Waals surface area (Å²) < 4.78 is 2.00. The van der Waals surface area contributed by atoms with Gasteiger partial charge in [-0.05, 0) is 99.3 Å². The minimum Gasteiger partial charge on any atom is -0.412 e. The molecule has 0 saturated heterocycles. The molecule has 0 amide bonds. The fourth-order valence-corrected chi connectivity index (χ4v) is 9.51. The van der Waals surface area contributed by atoms with Crippen LogP contribution >= 0.6 is 48.9 Å². The van der Waals surface area contributed by atoms with Crippen molar-refractivity contribution in [1.29, 1.82) is 0 Å². The molecule has 4 nitrogen and oxygen atoms in total. The molecule has 0 atom stereocenters. The van der Waals surface area contributed by atoms with Crippen LogP contribution < -0.4 is 21.3 Å². The van der Waals surface area contributed by atoms with Gasteiger partial charge in [0.2, 0.25) is 0 Å². The Morgan fingerprint density at radius 1 is 0.234 bits per heavy atom. The number of nitrogens with one attached hydrogen (secondary N) is 4. The third-order valence-corrected chi connectivity index (χ3v) is 14.2. The fraction of sp³-hybridized carbons (Fsp3) is 0.562. The van der Waals surface area contributed by atoms with Gasteiger partial charge in [0, 0.05) is 26.2 Å². The summed E-state index contributed by atoms with van der Waals surface area (Å²) in [5.41, 5.74) is 5.86. The molecule has 0 unspecified atom stereocenters. The van der Waals surface area contributed by atoms with Crippen molar-refractivity contribution < 1.29 is 21.1 Å². The zero-order chi connectivity index (χ0) is 55.0. The van der Waals surface area contributed by atoms with Crippen molar-refractivity contribution in [2.45, 2.75) is 205 Å². The van der Waals surface area contributed by atoms with E-state index >= 15 is 0 Å². The normalized spacial score (nSPS) is 10.2. The van der Waals surface area contributed by atoms with E-state index in [-0.39, 0.29) is 21.1 Å². The Bertz CT molecular complexity index is 1640. The van der Waals surface area contributed by atoms with Crippen LogP contribution in [0.25, 0.3) is 0 Å². The van der Waals surface area contributed by atoms with E-state index in [0.29, 0.717) is 17.3 Å². The smallest absolute Gasteiger partial charge is 0.412 e. The molecule has 0 spiro atoms. The molecule has 4 rings (SSSR count). The Hall–Kier alpha value is -1.99. The van der Waals surface area contributed by atoms with Crippen molar-refractivity contribution in [1.82, 2.24) is 21.3 Å². The van der Waals surface area contributed by atoms with Crippen LogP contribution in [0.3, 0.4) is 0 Å². The van der Waals surface area contributed by atoms with Crippen LogP contribution in [0.1, 0.15) is 202 Å². The number of benzene rings is 4. The van der Waals surface area contributed by atoms with Gasteiger partial charge in [0.05, 0.1) is 0 Å². The zero-order valence-corrected chi connectivity index (χ0v) is 55.2. The van der Waals surface area contributed by atoms with Gasteiger partial charge < -0.3 is 121 Å². The van der Waals surface area contributed by atoms with Gasteiger partial charge in [0.15, 0.2) is 0 Å². The molecule has 4 aromatic carbocycles. The summed E-state index contributed by atoms with van der Waals surface area (Å²) in [5, 5.41) is 12.1. The maximum atomic E-state index is 4.79. The monoisotopic (exact) mass is 1270 g/mol. The van der Waals surface area contributed by atoms with E-state index in [1.54, 1.807) is 0 Å². The SMILES string of the molecule is S=C([S-])NCCCCCCCCCc1ccccc1.S=C([S-])NCCCCCCCCCc1ccccc1.S=C([S-])NCCCCCCCCCc1ccccc1.S=C([S-])NCCCCCCCCCc1ccccc1.[Mo+4]. The van der Waals surface area contributed by atoms with E-state index in [0.717, 1.165) is 26.2 Å². The van der Waals surface area contributed by atoms with Crippen LogP contribution in [-0.2, 0) is 97.3 Å². The second-order valence-corrected chi connectivity index (χ2v) is 24.0. The van der Waals surface area contributed by atoms with Crippen LogP contribution in [0, 0.1) is 0 Å². The maximum Gasteiger partial charge on any atom is 4.00 e. The van der Waals surface area contributed by atoms with Crippen molar-refractivity contribution in [3.8, 4) is 0 Å². The Kier molecular flexibility index (Phi) is 57.1. The second kappa shape index (κ2) is 58.7. The summed E-state index contributed by atoms with van der Waals surface area (Å²) in [6, 6.07) is 43.1. The van der Waals surface area contributed by atoms with Crippen LogP contribution in [-0.4, -0.2) is 43.5 Å². The first-order chi connectivity index (χ1) is 37.2. The number of thiocarbonyl (C=S) groups is 4. The van der Waals surface area contributed by atoms with Crippen LogP contribution in [0.15, 0.2) is 121 Å². The molecule has 0 fully saturated rings. The number of hydrogen-bond acceptors (Lipinski definition) is 8. The number of aryl methyl sites for hydroxylation is 4. The summed E-state index contributed by atoms with van der Waals surface area (Å²) in [6.07, 6.45) is 41.6. The Labute approximate surface area is 529 Å². The topological polar surface area (TPSA) is 48.1 Å². The fourth-order valence-electron chi connectivity index (χ4n) is 8.69. The molecule has 0 radical (unpaired) electrons. The molecular formula is C64H96MoN4S8. The molecule has 0 heterocycles. The van der Waals surface area contributed by atoms with Gasteiger partial charge >= 0.3 is 21.1 Å². The largest absolute Gasteiger partial charge is 4.00 e. The van der Waals surface area contributed by atoms with E-state index in [1.165, 1.54) is 228 Å². The average Bonchev–Trinajstić information content (AvgIpc) is 3.42. The summed E-state index contributed by atoms with van der Waals surface area (Å²) in [4.78, 5) is 0. The van der Waals surface area contributed by atoms with Crippen LogP contribution in [0.4, 0.5) is 0 Å². The van der Waals surface area contributed by atoms with Crippen LogP contribution in [0.2, 0.25) is 0 Å². The average molecular weight is 1270 g/mol. The number of rotatable bonds is 40. The first kappa shape index (κ1) is 75.0. The second-order valence-electron chi connectivity index (χ2n) is 19.7. The minimum atomic E-state index is 0. The summed E-state index contributed by atoms with van der Waals surface area (Å²) >= 11 is 38.3. The van der Waals surface area contributed by atoms with Crippen molar-refractivity contribution in [2.75, 3.05) is 26.2 Å². The third kappa shape index (κ3) is 57.1. The van der Waals surface area contributed by atoms with Gasteiger partial charge in [-0.15, -0.1) is 0 Å². The standard InChI is InChI=1S/4C16H25NS2.Mo/c4*18-16(19)17-14-10-5-3-1-2-4-7-11-15-12-8-6-9-13-15;/h4*6,8-9,12-13H,1-5,7,10-11,14H2,(H2,17,18,19);/q;;;;+4/p-4. The Morgan fingerprint density at radius 2 is 0.377 bits per heavy atom. The molecule has 4 aromatic rings. The molecule has 0 aliphatic heterocycles. The van der Waals surface area contributed by atoms with Gasteiger partial charge in [-0.3, -0.25) is 0 Å². The molecule has 13 heteroatoms. The number of hydrogen-bond donors (Lipinski definition) is 4. The van der Waals surface area contributed by atoms with Crippen LogP contribution in [0.5, 0.6) is 0 Å². The van der Waals surface area contributed by atoms with Crippen molar-refractivity contribution in [3.05, 3.63) is 144 Å². The van der Waals surface area contributed by atoms with Crippen molar-refractivity contribution in [2.24, 2.45) is 0 Å². The molecule has 0 aliphatic carbocycles. The van der Waals surface area contributed by atoms with E-state index < -0.39 is 0 Å². The van der Waals surface area contributed by atoms with E-state index in [4.69, 9.17) is 99.4 Å². The van der Waals surface area contributed by atoms with E-state index in [2.05, 4.69) is 143 Å². The predicted molar refractivity (Wildman–Crippen MR) is 362 cm³/mol. The summed E-state index contributed by atoms with van der Waals surface area (Å²) in [6.45, 7) is 3.76. The molecule has 0 bridgehead atoms. The van der Waals surface area contributed by atoms with E-state index in [9.17, 15) is 0 Å². The minimum absolute atomic E-state index is 0. The predicted octanol–water partition coefficient (Wildman–Crippen LogP) is 17.5. The first-order valence-electron chi connectivity index (χ1n) is 29.1. The molecule has 426 valence electrons. The molecule has 77 heavy (non-hydrogen) atoms. The summed E-state index contributed by atoms with van der Waals surface area (Å²) in [5.74, 6) is 0. The van der Waals surface area contributed by atoms with E-state index in [1.807, 2.05) is 0 Å². The molecule has 0 saturated carbocycles. The summed E-state index contributed by atoms with van der Waals surface area (Å²) in [7, 11) is 0. The number of unbranched alkanes of at least 4 members (excludes halogenated alkanes) is 24. The van der Waals surface area contributed by atoms with Crippen molar-refractivity contribution in [3.63, 3.8) is 0 Å².